The Hall–Kier alpha value is -3.46. The number of carbonyl (C=O) groups is 1. The number of halogens is 5. The average Bonchev–Trinajstić information content (AvgIpc) is 3.16. The molecule has 4 rings (SSSR count). The van der Waals surface area contributed by atoms with Gasteiger partial charge in [0, 0.05) is 20.9 Å². The number of rotatable bonds is 4. The van der Waals surface area contributed by atoms with Crippen LogP contribution in [0.25, 0.3) is 16.6 Å². The molecule has 0 spiro atoms. The van der Waals surface area contributed by atoms with Crippen LogP contribution in [0.1, 0.15) is 11.1 Å². The van der Waals surface area contributed by atoms with Crippen LogP contribution >= 0.6 is 22.6 Å². The lowest BCUT2D eigenvalue weighted by Gasteiger charge is -2.13. The molecule has 0 aliphatic heterocycles. The van der Waals surface area contributed by atoms with Crippen molar-refractivity contribution in [2.24, 2.45) is 0 Å². The Morgan fingerprint density at radius 1 is 1.15 bits per heavy atom. The van der Waals surface area contributed by atoms with Gasteiger partial charge in [-0.15, -0.1) is 0 Å². The van der Waals surface area contributed by atoms with Gasteiger partial charge in [0.25, 0.3) is 0 Å². The lowest BCUT2D eigenvalue weighted by atomic mass is 10.0. The number of anilines is 3. The molecule has 0 saturated carbocycles. The van der Waals surface area contributed by atoms with Crippen LogP contribution in [0.2, 0.25) is 0 Å². The lowest BCUT2D eigenvalue weighted by Crippen LogP contribution is -2.21. The highest BCUT2D eigenvalue weighted by Crippen LogP contribution is 2.35. The highest BCUT2D eigenvalue weighted by Gasteiger charge is 2.31. The van der Waals surface area contributed by atoms with Gasteiger partial charge in [0.2, 0.25) is 0 Å². The number of benzene rings is 2. The van der Waals surface area contributed by atoms with Crippen molar-refractivity contribution < 1.29 is 27.5 Å². The second-order valence-corrected chi connectivity index (χ2v) is 8.25. The summed E-state index contributed by atoms with van der Waals surface area (Å²) in [6.45, 7) is -0.363. The monoisotopic (exact) mass is 586 g/mol. The Bertz CT molecular complexity index is 1410. The van der Waals surface area contributed by atoms with E-state index in [2.05, 4.69) is 20.7 Å². The molecule has 0 bridgehead atoms. The Kier molecular flexibility index (Phi) is 6.31. The maximum Gasteiger partial charge on any atom is 0.416 e. The van der Waals surface area contributed by atoms with Crippen LogP contribution in [0, 0.1) is 9.39 Å². The second kappa shape index (κ2) is 9.06. The first-order valence-electron chi connectivity index (χ1n) is 9.54. The summed E-state index contributed by atoms with van der Waals surface area (Å²) < 4.78 is 55.5. The molecular weight excluding hydrogens is 571 g/mol. The molecule has 0 saturated heterocycles. The number of carbonyl (C=O) groups excluding carboxylic acids is 1. The number of urea groups is 1. The summed E-state index contributed by atoms with van der Waals surface area (Å²) in [5.41, 5.74) is 6.31. The van der Waals surface area contributed by atoms with Crippen molar-refractivity contribution in [1.29, 1.82) is 0 Å². The zero-order valence-corrected chi connectivity index (χ0v) is 19.1. The third-order valence-electron chi connectivity index (χ3n) is 4.90. The topological polar surface area (TPSA) is 118 Å². The molecule has 2 aromatic heterocycles. The van der Waals surface area contributed by atoms with Crippen molar-refractivity contribution in [3.63, 3.8) is 0 Å². The fraction of sp³-hybridized carbons (Fsp3) is 0.0952. The molecule has 5 N–H and O–H groups in total. The molecule has 0 radical (unpaired) electrons. The summed E-state index contributed by atoms with van der Waals surface area (Å²) in [5.74, 6) is -0.688. The highest BCUT2D eigenvalue weighted by molar-refractivity contribution is 14.1. The van der Waals surface area contributed by atoms with Crippen molar-refractivity contribution in [1.82, 2.24) is 14.6 Å². The molecule has 13 heteroatoms. The number of aromatic nitrogens is 3. The minimum Gasteiger partial charge on any atom is -0.392 e. The van der Waals surface area contributed by atoms with Gasteiger partial charge in [-0.05, 0) is 58.5 Å². The Morgan fingerprint density at radius 3 is 2.56 bits per heavy atom. The van der Waals surface area contributed by atoms with E-state index in [1.165, 1.54) is 35.2 Å². The summed E-state index contributed by atoms with van der Waals surface area (Å²) in [6.07, 6.45) is -1.80. The highest BCUT2D eigenvalue weighted by atomic mass is 127. The number of aliphatic hydroxyl groups is 1. The predicted molar refractivity (Wildman–Crippen MR) is 126 cm³/mol. The fourth-order valence-electron chi connectivity index (χ4n) is 3.37. The van der Waals surface area contributed by atoms with Gasteiger partial charge in [0.1, 0.15) is 17.7 Å². The van der Waals surface area contributed by atoms with Crippen molar-refractivity contribution >= 4 is 51.3 Å². The molecule has 0 fully saturated rings. The van der Waals surface area contributed by atoms with E-state index < -0.39 is 23.6 Å². The van der Waals surface area contributed by atoms with E-state index in [0.29, 0.717) is 25.8 Å². The number of nitrogens with one attached hydrogen (secondary N) is 2. The molecule has 0 atom stereocenters. The number of hydrogen-bond donors (Lipinski definition) is 4. The van der Waals surface area contributed by atoms with E-state index >= 15 is 0 Å². The number of fused-ring (bicyclic) bond motifs is 1. The van der Waals surface area contributed by atoms with E-state index in [-0.39, 0.29) is 23.8 Å². The van der Waals surface area contributed by atoms with Crippen molar-refractivity contribution in [2.75, 3.05) is 16.4 Å². The van der Waals surface area contributed by atoms with Crippen molar-refractivity contribution in [2.45, 2.75) is 12.8 Å². The normalized spacial score (nSPS) is 11.6. The number of nitrogens with zero attached hydrogens (tertiary/aromatic N) is 3. The van der Waals surface area contributed by atoms with Gasteiger partial charge in [-0.3, -0.25) is 0 Å². The van der Waals surface area contributed by atoms with E-state index in [9.17, 15) is 27.5 Å². The zero-order chi connectivity index (χ0) is 24.6. The van der Waals surface area contributed by atoms with E-state index in [1.54, 1.807) is 22.6 Å². The largest absolute Gasteiger partial charge is 0.416 e. The van der Waals surface area contributed by atoms with Gasteiger partial charge in [0.05, 0.1) is 23.5 Å². The second-order valence-electron chi connectivity index (χ2n) is 7.09. The van der Waals surface area contributed by atoms with E-state index in [0.717, 1.165) is 18.2 Å². The smallest absolute Gasteiger partial charge is 0.392 e. The minimum absolute atomic E-state index is 0.0757. The van der Waals surface area contributed by atoms with Crippen LogP contribution in [-0.4, -0.2) is 25.7 Å². The maximum atomic E-state index is 14.9. The summed E-state index contributed by atoms with van der Waals surface area (Å²) in [4.78, 5) is 16.3. The summed E-state index contributed by atoms with van der Waals surface area (Å²) in [7, 11) is 0. The molecule has 4 aromatic rings. The van der Waals surface area contributed by atoms with Crippen LogP contribution in [0.3, 0.4) is 0 Å². The third kappa shape index (κ3) is 4.61. The first-order valence-corrected chi connectivity index (χ1v) is 10.6. The van der Waals surface area contributed by atoms with Crippen LogP contribution in [0.15, 0.2) is 48.9 Å². The zero-order valence-electron chi connectivity index (χ0n) is 17.0. The molecule has 176 valence electrons. The summed E-state index contributed by atoms with van der Waals surface area (Å²) in [5, 5.41) is 18.3. The molecule has 0 unspecified atom stereocenters. The van der Waals surface area contributed by atoms with E-state index in [1.807, 2.05) is 0 Å². The number of alkyl halides is 3. The minimum atomic E-state index is -4.58. The van der Waals surface area contributed by atoms with E-state index in [4.69, 9.17) is 5.73 Å². The number of amides is 2. The third-order valence-corrected chi connectivity index (χ3v) is 5.84. The average molecular weight is 586 g/mol. The summed E-state index contributed by atoms with van der Waals surface area (Å²) in [6, 6.07) is 5.89. The van der Waals surface area contributed by atoms with Crippen molar-refractivity contribution in [3.05, 3.63) is 69.4 Å². The molecular formula is C21H15F4IN6O2. The Labute approximate surface area is 202 Å². The molecule has 2 heterocycles. The van der Waals surface area contributed by atoms with Crippen LogP contribution in [0.5, 0.6) is 0 Å². The molecule has 0 aliphatic rings. The van der Waals surface area contributed by atoms with Crippen LogP contribution in [-0.2, 0) is 12.8 Å². The number of nitrogens with two attached hydrogens (primary N) is 1. The van der Waals surface area contributed by atoms with Crippen molar-refractivity contribution in [3.8, 4) is 11.1 Å². The van der Waals surface area contributed by atoms with Gasteiger partial charge in [-0.25, -0.2) is 18.7 Å². The number of hydrogen-bond acceptors (Lipinski definition) is 5. The molecule has 2 aromatic carbocycles. The summed E-state index contributed by atoms with van der Waals surface area (Å²) >= 11 is 1.78. The number of nitrogen functional groups attached to an aromatic ring is 1. The van der Waals surface area contributed by atoms with Gasteiger partial charge in [-0.2, -0.15) is 18.3 Å². The van der Waals surface area contributed by atoms with Gasteiger partial charge in [-0.1, -0.05) is 6.07 Å². The Balaban J connectivity index is 1.60. The molecule has 2 amide bonds. The van der Waals surface area contributed by atoms with Gasteiger partial charge in [0.15, 0.2) is 5.82 Å². The maximum absolute atomic E-state index is 14.9. The molecule has 8 nitrogen and oxygen atoms in total. The lowest BCUT2D eigenvalue weighted by molar-refractivity contribution is -0.137. The van der Waals surface area contributed by atoms with Gasteiger partial charge < -0.3 is 21.5 Å². The first-order chi connectivity index (χ1) is 16.1. The molecule has 0 aliphatic carbocycles. The van der Waals surface area contributed by atoms with Crippen LogP contribution in [0.4, 0.5) is 39.5 Å². The van der Waals surface area contributed by atoms with Crippen LogP contribution < -0.4 is 16.4 Å². The number of aliphatic hydroxyl groups excluding tert-OH is 1. The Morgan fingerprint density at radius 2 is 1.88 bits per heavy atom. The first kappa shape index (κ1) is 23.7. The quantitative estimate of drug-likeness (QED) is 0.201. The van der Waals surface area contributed by atoms with Gasteiger partial charge >= 0.3 is 12.2 Å². The fourth-order valence-corrected chi connectivity index (χ4v) is 3.84. The standard InChI is InChI=1S/C21H15F4IN6O2/c22-13-5-10(17-11(8-33)7-32-18(17)19(27)28-9-29-32)1-4-15(13)30-20(34)31-16-6-12(21(23,24)25)2-3-14(16)26/h1-7,9,33H,8H2,(H2,27,28,29)(H2,30,31,34). The SMILES string of the molecule is Nc1ncnn2cc(CO)c(-c3ccc(NC(=O)Nc4cc(C(F)(F)F)ccc4I)c(F)c3)c12. The predicted octanol–water partition coefficient (Wildman–Crippen LogP) is 4.88. The molecule has 34 heavy (non-hydrogen) atoms.